The zero-order valence-electron chi connectivity index (χ0n) is 16.2. The Morgan fingerprint density at radius 2 is 1.59 bits per heavy atom. The summed E-state index contributed by atoms with van der Waals surface area (Å²) in [5.74, 6) is -0.555. The highest BCUT2D eigenvalue weighted by atomic mass is 35.5. The van der Waals surface area contributed by atoms with Crippen molar-refractivity contribution >= 4 is 34.8 Å². The van der Waals surface area contributed by atoms with Gasteiger partial charge in [0.15, 0.2) is 0 Å². The predicted molar refractivity (Wildman–Crippen MR) is 111 cm³/mol. The zero-order valence-corrected chi connectivity index (χ0v) is 16.9. The third-order valence-electron chi connectivity index (χ3n) is 4.16. The van der Waals surface area contributed by atoms with Crippen LogP contribution in [0.4, 0.5) is 11.4 Å². The summed E-state index contributed by atoms with van der Waals surface area (Å²) in [5, 5.41) is 9.10. The maximum absolute atomic E-state index is 12.1. The number of carbonyl (C=O) groups excluding carboxylic acids is 2. The SMILES string of the molecule is Cc1c(Cl)cccc1NC(=O)CNC(=O)CNc1ccccc1C(C)(C)C. The van der Waals surface area contributed by atoms with Crippen LogP contribution >= 0.6 is 11.6 Å². The number of hydrogen-bond acceptors (Lipinski definition) is 3. The molecule has 27 heavy (non-hydrogen) atoms. The molecule has 0 bridgehead atoms. The van der Waals surface area contributed by atoms with Gasteiger partial charge in [0.2, 0.25) is 11.8 Å². The maximum Gasteiger partial charge on any atom is 0.243 e. The molecule has 0 heterocycles. The van der Waals surface area contributed by atoms with Crippen molar-refractivity contribution < 1.29 is 9.59 Å². The van der Waals surface area contributed by atoms with E-state index in [1.165, 1.54) is 0 Å². The largest absolute Gasteiger partial charge is 0.376 e. The maximum atomic E-state index is 12.1. The van der Waals surface area contributed by atoms with E-state index in [0.29, 0.717) is 10.7 Å². The first-order chi connectivity index (χ1) is 12.7. The Hall–Kier alpha value is -2.53. The standard InChI is InChI=1S/C21H26ClN3O2/c1-14-16(22)9-7-11-17(14)25-20(27)13-24-19(26)12-23-18-10-6-5-8-15(18)21(2,3)4/h5-11,23H,12-13H2,1-4H3,(H,24,26)(H,25,27). The average Bonchev–Trinajstić information content (AvgIpc) is 2.61. The van der Waals surface area contributed by atoms with Gasteiger partial charge >= 0.3 is 0 Å². The lowest BCUT2D eigenvalue weighted by Gasteiger charge is -2.23. The lowest BCUT2D eigenvalue weighted by Crippen LogP contribution is -2.36. The summed E-state index contributed by atoms with van der Waals surface area (Å²) < 4.78 is 0. The van der Waals surface area contributed by atoms with E-state index in [9.17, 15) is 9.59 Å². The molecule has 0 aliphatic rings. The fraction of sp³-hybridized carbons (Fsp3) is 0.333. The molecule has 0 saturated carbocycles. The second-order valence-electron chi connectivity index (χ2n) is 7.39. The first kappa shape index (κ1) is 20.8. The molecule has 3 N–H and O–H groups in total. The molecular weight excluding hydrogens is 362 g/mol. The van der Waals surface area contributed by atoms with Gasteiger partial charge in [-0.1, -0.05) is 56.6 Å². The quantitative estimate of drug-likeness (QED) is 0.698. The van der Waals surface area contributed by atoms with E-state index in [-0.39, 0.29) is 30.3 Å². The van der Waals surface area contributed by atoms with Crippen molar-refractivity contribution in [2.24, 2.45) is 0 Å². The van der Waals surface area contributed by atoms with E-state index < -0.39 is 0 Å². The van der Waals surface area contributed by atoms with Crippen molar-refractivity contribution in [1.29, 1.82) is 0 Å². The molecule has 0 spiro atoms. The summed E-state index contributed by atoms with van der Waals surface area (Å²) in [4.78, 5) is 24.1. The zero-order chi connectivity index (χ0) is 20.0. The van der Waals surface area contributed by atoms with E-state index in [4.69, 9.17) is 11.6 Å². The van der Waals surface area contributed by atoms with E-state index in [1.807, 2.05) is 31.2 Å². The molecule has 0 aromatic heterocycles. The summed E-state index contributed by atoms with van der Waals surface area (Å²) in [7, 11) is 0. The molecule has 0 atom stereocenters. The minimum atomic E-state index is -0.302. The molecule has 2 amide bonds. The molecule has 144 valence electrons. The summed E-state index contributed by atoms with van der Waals surface area (Å²) in [6.45, 7) is 8.18. The third kappa shape index (κ3) is 6.00. The molecule has 0 radical (unpaired) electrons. The van der Waals surface area contributed by atoms with E-state index in [2.05, 4.69) is 36.7 Å². The van der Waals surface area contributed by atoms with Gasteiger partial charge in [0.1, 0.15) is 0 Å². The van der Waals surface area contributed by atoms with Gasteiger partial charge in [0, 0.05) is 16.4 Å². The van der Waals surface area contributed by atoms with Crippen LogP contribution in [0.15, 0.2) is 42.5 Å². The Kier molecular flexibility index (Phi) is 6.86. The number of carbonyl (C=O) groups is 2. The van der Waals surface area contributed by atoms with Crippen molar-refractivity contribution in [3.05, 3.63) is 58.6 Å². The number of amides is 2. The molecule has 0 aliphatic carbocycles. The summed E-state index contributed by atoms with van der Waals surface area (Å²) in [6, 6.07) is 13.2. The molecule has 5 nitrogen and oxygen atoms in total. The highest BCUT2D eigenvalue weighted by Gasteiger charge is 2.17. The Bertz CT molecular complexity index is 828. The van der Waals surface area contributed by atoms with Crippen LogP contribution in [0.25, 0.3) is 0 Å². The van der Waals surface area contributed by atoms with E-state index in [0.717, 1.165) is 16.8 Å². The molecule has 2 rings (SSSR count). The highest BCUT2D eigenvalue weighted by Crippen LogP contribution is 2.29. The van der Waals surface area contributed by atoms with Crippen LogP contribution in [0.1, 0.15) is 31.9 Å². The Labute approximate surface area is 165 Å². The molecule has 2 aromatic rings. The Morgan fingerprint density at radius 1 is 0.926 bits per heavy atom. The van der Waals surface area contributed by atoms with Gasteiger partial charge in [-0.05, 0) is 41.7 Å². The van der Waals surface area contributed by atoms with Gasteiger partial charge in [0.25, 0.3) is 0 Å². The molecule has 0 aliphatic heterocycles. The minimum absolute atomic E-state index is 0.0330. The second-order valence-corrected chi connectivity index (χ2v) is 7.79. The number of hydrogen-bond donors (Lipinski definition) is 3. The summed E-state index contributed by atoms with van der Waals surface area (Å²) >= 11 is 6.04. The number of benzene rings is 2. The van der Waals surface area contributed by atoms with E-state index >= 15 is 0 Å². The first-order valence-corrected chi connectivity index (χ1v) is 9.21. The van der Waals surface area contributed by atoms with Gasteiger partial charge in [-0.3, -0.25) is 9.59 Å². The van der Waals surface area contributed by atoms with Crippen LogP contribution < -0.4 is 16.0 Å². The second kappa shape index (κ2) is 8.91. The Morgan fingerprint density at radius 3 is 2.30 bits per heavy atom. The number of halogens is 1. The number of anilines is 2. The van der Waals surface area contributed by atoms with Gasteiger partial charge in [-0.25, -0.2) is 0 Å². The van der Waals surface area contributed by atoms with Crippen LogP contribution in [0.5, 0.6) is 0 Å². The number of para-hydroxylation sites is 1. The van der Waals surface area contributed by atoms with Gasteiger partial charge in [-0.2, -0.15) is 0 Å². The van der Waals surface area contributed by atoms with Crippen molar-refractivity contribution in [2.45, 2.75) is 33.1 Å². The normalized spacial score (nSPS) is 11.0. The first-order valence-electron chi connectivity index (χ1n) is 8.83. The molecule has 0 unspecified atom stereocenters. The molecule has 2 aromatic carbocycles. The van der Waals surface area contributed by atoms with Crippen molar-refractivity contribution in [3.8, 4) is 0 Å². The lowest BCUT2D eigenvalue weighted by molar-refractivity contribution is -0.122. The van der Waals surface area contributed by atoms with Gasteiger partial charge < -0.3 is 16.0 Å². The third-order valence-corrected chi connectivity index (χ3v) is 4.57. The van der Waals surface area contributed by atoms with Crippen LogP contribution in [-0.4, -0.2) is 24.9 Å². The lowest BCUT2D eigenvalue weighted by atomic mass is 9.86. The van der Waals surface area contributed by atoms with Gasteiger partial charge in [-0.15, -0.1) is 0 Å². The van der Waals surface area contributed by atoms with Gasteiger partial charge in [0.05, 0.1) is 13.1 Å². The molecule has 0 fully saturated rings. The van der Waals surface area contributed by atoms with Crippen LogP contribution in [0.3, 0.4) is 0 Å². The Balaban J connectivity index is 1.85. The molecular formula is C21H26ClN3O2. The van der Waals surface area contributed by atoms with Crippen molar-refractivity contribution in [1.82, 2.24) is 5.32 Å². The summed E-state index contributed by atoms with van der Waals surface area (Å²) in [6.07, 6.45) is 0. The molecule has 6 heteroatoms. The topological polar surface area (TPSA) is 70.2 Å². The number of nitrogens with one attached hydrogen (secondary N) is 3. The molecule has 0 saturated heterocycles. The smallest absolute Gasteiger partial charge is 0.243 e. The monoisotopic (exact) mass is 387 g/mol. The van der Waals surface area contributed by atoms with Crippen LogP contribution in [0, 0.1) is 6.92 Å². The fourth-order valence-corrected chi connectivity index (χ4v) is 2.82. The fourth-order valence-electron chi connectivity index (χ4n) is 2.65. The van der Waals surface area contributed by atoms with Crippen LogP contribution in [-0.2, 0) is 15.0 Å². The van der Waals surface area contributed by atoms with Crippen molar-refractivity contribution in [3.63, 3.8) is 0 Å². The number of rotatable bonds is 6. The summed E-state index contributed by atoms with van der Waals surface area (Å²) in [5.41, 5.74) is 3.44. The highest BCUT2D eigenvalue weighted by molar-refractivity contribution is 6.31. The minimum Gasteiger partial charge on any atom is -0.376 e. The van der Waals surface area contributed by atoms with E-state index in [1.54, 1.807) is 18.2 Å². The average molecular weight is 388 g/mol. The van der Waals surface area contributed by atoms with Crippen LogP contribution in [0.2, 0.25) is 5.02 Å². The predicted octanol–water partition coefficient (Wildman–Crippen LogP) is 4.11. The van der Waals surface area contributed by atoms with Crippen molar-refractivity contribution in [2.75, 3.05) is 23.7 Å².